The average Bonchev–Trinajstić information content (AvgIpc) is 3.32. The number of halogens is 1. The van der Waals surface area contributed by atoms with Gasteiger partial charge >= 0.3 is 0 Å². The highest BCUT2D eigenvalue weighted by atomic mass is 79.9. The quantitative estimate of drug-likeness (QED) is 0.525. The van der Waals surface area contributed by atoms with Gasteiger partial charge in [0.25, 0.3) is 0 Å². The highest BCUT2D eigenvalue weighted by molar-refractivity contribution is 9.10. The molecule has 0 saturated carbocycles. The number of hydrogen-bond donors (Lipinski definition) is 0. The Labute approximate surface area is 168 Å². The van der Waals surface area contributed by atoms with E-state index in [0.29, 0.717) is 34.9 Å². The first-order valence-corrected chi connectivity index (χ1v) is 11.8. The first kappa shape index (κ1) is 18.6. The Morgan fingerprint density at radius 2 is 2.22 bits per heavy atom. The van der Waals surface area contributed by atoms with E-state index in [1.165, 1.54) is 11.8 Å². The minimum absolute atomic E-state index is 0.0895. The van der Waals surface area contributed by atoms with Gasteiger partial charge in [0, 0.05) is 23.0 Å². The number of benzene rings is 1. The van der Waals surface area contributed by atoms with Crippen molar-refractivity contribution in [3.63, 3.8) is 0 Å². The lowest BCUT2D eigenvalue weighted by molar-refractivity contribution is 0.391. The van der Waals surface area contributed by atoms with E-state index in [-0.39, 0.29) is 17.4 Å². The van der Waals surface area contributed by atoms with Gasteiger partial charge in [-0.05, 0) is 18.6 Å². The van der Waals surface area contributed by atoms with Crippen molar-refractivity contribution in [1.29, 1.82) is 0 Å². The van der Waals surface area contributed by atoms with Gasteiger partial charge in [-0.15, -0.1) is 10.2 Å². The van der Waals surface area contributed by atoms with Crippen LogP contribution in [0, 0.1) is 0 Å². The molecule has 2 aromatic heterocycles. The molecule has 1 saturated heterocycles. The summed E-state index contributed by atoms with van der Waals surface area (Å²) in [5, 5.41) is 13.1. The van der Waals surface area contributed by atoms with Crippen molar-refractivity contribution in [2.24, 2.45) is 7.05 Å². The Balaban J connectivity index is 1.44. The van der Waals surface area contributed by atoms with Crippen LogP contribution in [0.3, 0.4) is 0 Å². The Bertz CT molecular complexity index is 1080. The van der Waals surface area contributed by atoms with Crippen LogP contribution in [0.25, 0.3) is 11.4 Å². The van der Waals surface area contributed by atoms with E-state index in [1.807, 2.05) is 35.9 Å². The summed E-state index contributed by atoms with van der Waals surface area (Å²) in [7, 11) is -1.11. The number of nitrogens with zero attached hydrogens (tertiary/aromatic N) is 5. The third-order valence-electron chi connectivity index (χ3n) is 4.34. The summed E-state index contributed by atoms with van der Waals surface area (Å²) < 4.78 is 31.5. The fraction of sp³-hybridized carbons (Fsp3) is 0.375. The van der Waals surface area contributed by atoms with E-state index in [2.05, 4.69) is 36.3 Å². The van der Waals surface area contributed by atoms with Crippen LogP contribution in [-0.2, 0) is 22.6 Å². The lowest BCUT2D eigenvalue weighted by Crippen LogP contribution is -2.09. The first-order valence-electron chi connectivity index (χ1n) is 8.22. The predicted molar refractivity (Wildman–Crippen MR) is 104 cm³/mol. The zero-order valence-corrected chi connectivity index (χ0v) is 17.6. The molecule has 0 bridgehead atoms. The molecular weight excluding hydrogens is 454 g/mol. The SMILES string of the molecule is Cn1c(SCc2nc(-c3cccc(Br)c3)no2)nnc1C1CCS(=O)(=O)C1. The number of rotatable bonds is 5. The Kier molecular flexibility index (Phi) is 5.08. The molecule has 1 unspecified atom stereocenters. The topological polar surface area (TPSA) is 104 Å². The summed E-state index contributed by atoms with van der Waals surface area (Å²) in [6, 6.07) is 7.68. The molecule has 0 radical (unpaired) electrons. The first-order chi connectivity index (χ1) is 12.9. The van der Waals surface area contributed by atoms with E-state index in [9.17, 15) is 8.42 Å². The van der Waals surface area contributed by atoms with Crippen LogP contribution in [0.2, 0.25) is 0 Å². The molecular formula is C16H16BrN5O3S2. The zero-order valence-electron chi connectivity index (χ0n) is 14.4. The van der Waals surface area contributed by atoms with E-state index in [0.717, 1.165) is 10.0 Å². The van der Waals surface area contributed by atoms with Crippen LogP contribution in [0.1, 0.15) is 24.1 Å². The molecule has 0 spiro atoms. The maximum atomic E-state index is 11.7. The molecule has 1 aromatic carbocycles. The molecule has 1 atom stereocenters. The summed E-state index contributed by atoms with van der Waals surface area (Å²) >= 11 is 4.85. The highest BCUT2D eigenvalue weighted by Crippen LogP contribution is 2.30. The number of sulfone groups is 1. The maximum absolute atomic E-state index is 11.7. The Morgan fingerprint density at radius 1 is 1.37 bits per heavy atom. The van der Waals surface area contributed by atoms with Crippen LogP contribution >= 0.6 is 27.7 Å². The molecule has 1 fully saturated rings. The third kappa shape index (κ3) is 4.09. The second-order valence-corrected chi connectivity index (χ2v) is 10.4. The molecule has 3 aromatic rings. The smallest absolute Gasteiger partial charge is 0.237 e. The summed E-state index contributed by atoms with van der Waals surface area (Å²) in [5.74, 6) is 2.45. The molecule has 8 nitrogen and oxygen atoms in total. The van der Waals surface area contributed by atoms with E-state index in [4.69, 9.17) is 4.52 Å². The number of aromatic nitrogens is 5. The van der Waals surface area contributed by atoms with Crippen LogP contribution in [0.5, 0.6) is 0 Å². The van der Waals surface area contributed by atoms with Gasteiger partial charge in [0.15, 0.2) is 15.0 Å². The van der Waals surface area contributed by atoms with Crippen LogP contribution in [0.4, 0.5) is 0 Å². The van der Waals surface area contributed by atoms with Crippen molar-refractivity contribution in [3.05, 3.63) is 40.5 Å². The minimum atomic E-state index is -2.96. The van der Waals surface area contributed by atoms with Gasteiger partial charge in [-0.1, -0.05) is 45.0 Å². The van der Waals surface area contributed by atoms with Crippen molar-refractivity contribution >= 4 is 37.5 Å². The van der Waals surface area contributed by atoms with Gasteiger partial charge in [0.2, 0.25) is 11.7 Å². The Morgan fingerprint density at radius 3 is 2.96 bits per heavy atom. The highest BCUT2D eigenvalue weighted by Gasteiger charge is 2.32. The standard InChI is InChI=1S/C16H16BrN5O3S2/c1-22-15(11-5-6-27(23,24)9-11)19-20-16(22)26-8-13-18-14(21-25-13)10-3-2-4-12(17)7-10/h2-4,7,11H,5-6,8-9H2,1H3. The van der Waals surface area contributed by atoms with E-state index in [1.54, 1.807) is 0 Å². The molecule has 1 aliphatic heterocycles. The van der Waals surface area contributed by atoms with Gasteiger partial charge in [0.05, 0.1) is 17.3 Å². The second-order valence-electron chi connectivity index (χ2n) is 6.31. The van der Waals surface area contributed by atoms with Crippen LogP contribution in [-0.4, -0.2) is 44.8 Å². The van der Waals surface area contributed by atoms with Gasteiger partial charge in [0.1, 0.15) is 5.82 Å². The summed E-state index contributed by atoms with van der Waals surface area (Å²) in [4.78, 5) is 4.41. The fourth-order valence-corrected chi connectivity index (χ4v) is 5.88. The van der Waals surface area contributed by atoms with E-state index < -0.39 is 9.84 Å². The molecule has 3 heterocycles. The van der Waals surface area contributed by atoms with E-state index >= 15 is 0 Å². The van der Waals surface area contributed by atoms with Crippen LogP contribution < -0.4 is 0 Å². The summed E-state index contributed by atoms with van der Waals surface area (Å²) in [5.41, 5.74) is 0.868. The third-order valence-corrected chi connectivity index (χ3v) is 7.61. The van der Waals surface area contributed by atoms with Gasteiger partial charge in [-0.2, -0.15) is 4.98 Å². The molecule has 1 aliphatic rings. The van der Waals surface area contributed by atoms with Crippen molar-refractivity contribution in [1.82, 2.24) is 24.9 Å². The second kappa shape index (κ2) is 7.36. The van der Waals surface area contributed by atoms with Crippen molar-refractivity contribution < 1.29 is 12.9 Å². The molecule has 4 rings (SSSR count). The van der Waals surface area contributed by atoms with Gasteiger partial charge in [-0.3, -0.25) is 0 Å². The lowest BCUT2D eigenvalue weighted by Gasteiger charge is -2.07. The molecule has 0 aliphatic carbocycles. The molecule has 27 heavy (non-hydrogen) atoms. The largest absolute Gasteiger partial charge is 0.338 e. The van der Waals surface area contributed by atoms with Gasteiger partial charge in [-0.25, -0.2) is 8.42 Å². The molecule has 0 N–H and O–H groups in total. The number of thioether (sulfide) groups is 1. The molecule has 142 valence electrons. The molecule has 0 amide bonds. The van der Waals surface area contributed by atoms with Gasteiger partial charge < -0.3 is 9.09 Å². The van der Waals surface area contributed by atoms with Crippen molar-refractivity contribution in [3.8, 4) is 11.4 Å². The van der Waals surface area contributed by atoms with Crippen LogP contribution in [0.15, 0.2) is 38.4 Å². The monoisotopic (exact) mass is 469 g/mol. The van der Waals surface area contributed by atoms with Crippen molar-refractivity contribution in [2.75, 3.05) is 11.5 Å². The average molecular weight is 470 g/mol. The normalized spacial score (nSPS) is 18.8. The lowest BCUT2D eigenvalue weighted by atomic mass is 10.1. The maximum Gasteiger partial charge on any atom is 0.237 e. The predicted octanol–water partition coefficient (Wildman–Crippen LogP) is 2.82. The zero-order chi connectivity index (χ0) is 19.0. The summed E-state index contributed by atoms with van der Waals surface area (Å²) in [6.45, 7) is 0. The minimum Gasteiger partial charge on any atom is -0.338 e. The van der Waals surface area contributed by atoms with Crippen molar-refractivity contribution in [2.45, 2.75) is 23.2 Å². The number of hydrogen-bond acceptors (Lipinski definition) is 8. The Hall–Kier alpha value is -1.72. The fourth-order valence-electron chi connectivity index (χ4n) is 2.99. The molecule has 11 heteroatoms. The summed E-state index contributed by atoms with van der Waals surface area (Å²) in [6.07, 6.45) is 0.596.